The molecule has 0 aromatic heterocycles. The highest BCUT2D eigenvalue weighted by Gasteiger charge is 2.60. The molecule has 0 amide bonds. The van der Waals surface area contributed by atoms with Crippen LogP contribution in [0.4, 0.5) is 0 Å². The number of hydrogen-bond donors (Lipinski definition) is 0. The minimum atomic E-state index is -0.367. The highest BCUT2D eigenvalue weighted by atomic mass is 15.9. The molecule has 102 valence electrons. The second-order valence-electron chi connectivity index (χ2n) is 6.13. The van der Waals surface area contributed by atoms with Crippen molar-refractivity contribution < 1.29 is 0 Å². The minimum absolute atomic E-state index is 0.0624. The number of hydrogen-bond acceptors (Lipinski definition) is 6. The Bertz CT molecular complexity index is 385. The Morgan fingerprint density at radius 2 is 1.56 bits per heavy atom. The molecule has 1 spiro atoms. The van der Waals surface area contributed by atoms with Crippen molar-refractivity contribution in [3.05, 3.63) is 0 Å². The molecule has 0 unspecified atom stereocenters. The van der Waals surface area contributed by atoms with Gasteiger partial charge in [0, 0.05) is 32.5 Å². The van der Waals surface area contributed by atoms with Crippen LogP contribution in [0.25, 0.3) is 0 Å². The molecule has 0 saturated heterocycles. The van der Waals surface area contributed by atoms with Gasteiger partial charge in [0.2, 0.25) is 5.79 Å². The summed E-state index contributed by atoms with van der Waals surface area (Å²) in [6.07, 6.45) is 0. The molecule has 6 nitrogen and oxygen atoms in total. The van der Waals surface area contributed by atoms with Gasteiger partial charge in [0.1, 0.15) is 5.84 Å². The zero-order chi connectivity index (χ0) is 13.7. The highest BCUT2D eigenvalue weighted by Crippen LogP contribution is 2.46. The van der Waals surface area contributed by atoms with Crippen molar-refractivity contribution in [3.8, 4) is 0 Å². The van der Waals surface area contributed by atoms with Gasteiger partial charge in [0.25, 0.3) is 0 Å². The second kappa shape index (κ2) is 3.83. The number of rotatable bonds is 1. The lowest BCUT2D eigenvalue weighted by Gasteiger charge is -2.57. The van der Waals surface area contributed by atoms with Gasteiger partial charge in [-0.15, -0.1) is 0 Å². The molecule has 2 aliphatic heterocycles. The first kappa shape index (κ1) is 13.1. The Balaban J connectivity index is 2.54. The van der Waals surface area contributed by atoms with E-state index in [9.17, 15) is 0 Å². The maximum absolute atomic E-state index is 4.76. The van der Waals surface area contributed by atoms with Gasteiger partial charge in [-0.1, -0.05) is 27.7 Å². The molecule has 0 atom stereocenters. The van der Waals surface area contributed by atoms with Crippen LogP contribution in [0, 0.1) is 11.3 Å². The lowest BCUT2D eigenvalue weighted by Crippen LogP contribution is -2.73. The molecule has 6 heteroatoms. The zero-order valence-electron chi connectivity index (χ0n) is 12.5. The molecule has 0 aromatic rings. The van der Waals surface area contributed by atoms with E-state index < -0.39 is 0 Å². The number of amidine groups is 1. The van der Waals surface area contributed by atoms with E-state index in [0.717, 1.165) is 12.4 Å². The predicted molar refractivity (Wildman–Crippen MR) is 71.8 cm³/mol. The average molecular weight is 252 g/mol. The fourth-order valence-corrected chi connectivity index (χ4v) is 3.44. The third-order valence-electron chi connectivity index (χ3n) is 4.08. The average Bonchev–Trinajstić information content (AvgIpc) is 2.53. The van der Waals surface area contributed by atoms with Crippen molar-refractivity contribution in [1.29, 1.82) is 0 Å². The smallest absolute Gasteiger partial charge is 0.232 e. The first-order chi connectivity index (χ1) is 8.25. The molecule has 2 aliphatic rings. The van der Waals surface area contributed by atoms with Gasteiger partial charge < -0.3 is 4.90 Å². The van der Waals surface area contributed by atoms with E-state index in [0.29, 0.717) is 5.92 Å². The normalized spacial score (nSPS) is 25.3. The maximum Gasteiger partial charge on any atom is 0.232 e. The van der Waals surface area contributed by atoms with E-state index in [4.69, 9.17) is 4.99 Å². The fourth-order valence-electron chi connectivity index (χ4n) is 3.44. The monoisotopic (exact) mass is 252 g/mol. The summed E-state index contributed by atoms with van der Waals surface area (Å²) in [5.74, 6) is 1.14. The summed E-state index contributed by atoms with van der Waals surface area (Å²) in [5, 5.41) is 12.3. The zero-order valence-corrected chi connectivity index (χ0v) is 12.5. The maximum atomic E-state index is 4.76. The van der Waals surface area contributed by atoms with Crippen molar-refractivity contribution >= 4 is 5.84 Å². The van der Waals surface area contributed by atoms with Crippen molar-refractivity contribution in [2.24, 2.45) is 26.8 Å². The Kier molecular flexibility index (Phi) is 2.79. The van der Waals surface area contributed by atoms with Crippen molar-refractivity contribution in [2.75, 3.05) is 27.7 Å². The lowest BCUT2D eigenvalue weighted by atomic mass is 9.80. The molecule has 2 heterocycles. The van der Waals surface area contributed by atoms with E-state index in [1.54, 1.807) is 0 Å². The Morgan fingerprint density at radius 3 is 2.00 bits per heavy atom. The molecule has 18 heavy (non-hydrogen) atoms. The van der Waals surface area contributed by atoms with Crippen LogP contribution in [0.2, 0.25) is 0 Å². The number of nitrogens with zero attached hydrogens (tertiary/aromatic N) is 6. The SMILES string of the molecule is CC(C)C1=NCC(C)(C)C2(N(C)N=NN2C)N1C. The summed E-state index contributed by atoms with van der Waals surface area (Å²) in [7, 11) is 6.05. The number of aliphatic imine (C=N–C) groups is 1. The molecule has 0 saturated carbocycles. The quantitative estimate of drug-likeness (QED) is 0.715. The largest absolute Gasteiger partial charge is 0.320 e. The van der Waals surface area contributed by atoms with Gasteiger partial charge in [-0.3, -0.25) is 4.99 Å². The van der Waals surface area contributed by atoms with E-state index in [1.807, 2.05) is 24.1 Å². The van der Waals surface area contributed by atoms with E-state index >= 15 is 0 Å². The summed E-state index contributed by atoms with van der Waals surface area (Å²) < 4.78 is 0. The van der Waals surface area contributed by atoms with Crippen LogP contribution >= 0.6 is 0 Å². The Morgan fingerprint density at radius 1 is 1.06 bits per heavy atom. The topological polar surface area (TPSA) is 46.8 Å². The molecule has 0 aliphatic carbocycles. The molecule has 0 aromatic carbocycles. The van der Waals surface area contributed by atoms with Gasteiger partial charge in [0.15, 0.2) is 0 Å². The third kappa shape index (κ3) is 1.37. The van der Waals surface area contributed by atoms with Crippen LogP contribution in [0.15, 0.2) is 15.4 Å². The Hall–Kier alpha value is -1.33. The summed E-state index contributed by atoms with van der Waals surface area (Å²) in [6, 6.07) is 0. The third-order valence-corrected chi connectivity index (χ3v) is 4.08. The molecule has 2 rings (SSSR count). The van der Waals surface area contributed by atoms with Crippen molar-refractivity contribution in [3.63, 3.8) is 0 Å². The van der Waals surface area contributed by atoms with Crippen LogP contribution < -0.4 is 0 Å². The standard InChI is InChI=1S/C12H24N6/c1-9(2)10-13-8-11(3,4)12(16(10)5)17(6)14-15-18(12)7/h9H,8H2,1-7H3. The van der Waals surface area contributed by atoms with Crippen LogP contribution in [-0.4, -0.2) is 54.2 Å². The Labute approximate surface area is 109 Å². The van der Waals surface area contributed by atoms with E-state index in [1.165, 1.54) is 0 Å². The first-order valence-electron chi connectivity index (χ1n) is 6.42. The van der Waals surface area contributed by atoms with Gasteiger partial charge in [-0.05, 0) is 10.4 Å². The first-order valence-corrected chi connectivity index (χ1v) is 6.42. The summed E-state index contributed by atoms with van der Waals surface area (Å²) in [4.78, 5) is 6.98. The lowest BCUT2D eigenvalue weighted by molar-refractivity contribution is -0.160. The fraction of sp³-hybridized carbons (Fsp3) is 0.917. The molecular formula is C12H24N6. The summed E-state index contributed by atoms with van der Waals surface area (Å²) in [6.45, 7) is 9.56. The van der Waals surface area contributed by atoms with Crippen molar-refractivity contribution in [1.82, 2.24) is 14.9 Å². The molecule has 0 fully saturated rings. The summed E-state index contributed by atoms with van der Waals surface area (Å²) >= 11 is 0. The van der Waals surface area contributed by atoms with Gasteiger partial charge >= 0.3 is 0 Å². The molecule has 0 bridgehead atoms. The van der Waals surface area contributed by atoms with Crippen LogP contribution in [0.5, 0.6) is 0 Å². The van der Waals surface area contributed by atoms with Gasteiger partial charge in [-0.2, -0.15) is 0 Å². The minimum Gasteiger partial charge on any atom is -0.320 e. The van der Waals surface area contributed by atoms with Crippen LogP contribution in [0.3, 0.4) is 0 Å². The molecular weight excluding hydrogens is 228 g/mol. The van der Waals surface area contributed by atoms with Gasteiger partial charge in [0.05, 0.1) is 6.54 Å². The van der Waals surface area contributed by atoms with Gasteiger partial charge in [-0.25, -0.2) is 10.0 Å². The predicted octanol–water partition coefficient (Wildman–Crippen LogP) is 1.83. The summed E-state index contributed by atoms with van der Waals surface area (Å²) in [5.41, 5.74) is -0.0624. The van der Waals surface area contributed by atoms with Crippen LogP contribution in [-0.2, 0) is 0 Å². The van der Waals surface area contributed by atoms with Crippen LogP contribution in [0.1, 0.15) is 27.7 Å². The molecule has 0 N–H and O–H groups in total. The van der Waals surface area contributed by atoms with E-state index in [-0.39, 0.29) is 11.2 Å². The van der Waals surface area contributed by atoms with E-state index in [2.05, 4.69) is 50.1 Å². The second-order valence-corrected chi connectivity index (χ2v) is 6.13. The molecule has 0 radical (unpaired) electrons. The highest BCUT2D eigenvalue weighted by molar-refractivity contribution is 5.85. The van der Waals surface area contributed by atoms with Crippen molar-refractivity contribution in [2.45, 2.75) is 33.5 Å².